The van der Waals surface area contributed by atoms with Crippen LogP contribution in [0.2, 0.25) is 0 Å². The SMILES string of the molecule is Cl.O=c1c2c(ccn1C1CN3CCC1CC3)oc1ccccc12. The fraction of sp³-hybridized carbons (Fsp3) is 0.389. The second-order valence-electron chi connectivity index (χ2n) is 6.57. The normalized spacial score (nSPS) is 26.5. The van der Waals surface area contributed by atoms with Gasteiger partial charge in [-0.15, -0.1) is 12.4 Å². The predicted octanol–water partition coefficient (Wildman–Crippen LogP) is 3.44. The molecule has 1 aromatic carbocycles. The fourth-order valence-electron chi connectivity index (χ4n) is 4.26. The largest absolute Gasteiger partial charge is 0.456 e. The van der Waals surface area contributed by atoms with Crippen LogP contribution < -0.4 is 5.56 Å². The summed E-state index contributed by atoms with van der Waals surface area (Å²) in [4.78, 5) is 15.5. The molecule has 1 unspecified atom stereocenters. The first kappa shape index (κ1) is 14.8. The van der Waals surface area contributed by atoms with Crippen molar-refractivity contribution in [2.45, 2.75) is 18.9 Å². The number of rotatable bonds is 1. The summed E-state index contributed by atoms with van der Waals surface area (Å²) in [6.45, 7) is 3.38. The Kier molecular flexibility index (Phi) is 3.47. The second-order valence-corrected chi connectivity index (χ2v) is 6.57. The average Bonchev–Trinajstić information content (AvgIpc) is 2.95. The van der Waals surface area contributed by atoms with E-state index in [0.29, 0.717) is 17.5 Å². The number of halogens is 1. The molecule has 23 heavy (non-hydrogen) atoms. The van der Waals surface area contributed by atoms with Crippen LogP contribution in [0.3, 0.4) is 0 Å². The van der Waals surface area contributed by atoms with E-state index >= 15 is 0 Å². The Bertz CT molecular complexity index is 922. The lowest BCUT2D eigenvalue weighted by Crippen LogP contribution is -2.49. The van der Waals surface area contributed by atoms with Crippen LogP contribution >= 0.6 is 12.4 Å². The minimum Gasteiger partial charge on any atom is -0.456 e. The highest BCUT2D eigenvalue weighted by atomic mass is 35.5. The number of fused-ring (bicyclic) bond motifs is 6. The van der Waals surface area contributed by atoms with Gasteiger partial charge in [0.15, 0.2) is 0 Å². The smallest absolute Gasteiger partial charge is 0.262 e. The van der Waals surface area contributed by atoms with E-state index in [-0.39, 0.29) is 18.0 Å². The van der Waals surface area contributed by atoms with E-state index in [1.807, 2.05) is 41.1 Å². The van der Waals surface area contributed by atoms with E-state index in [9.17, 15) is 4.79 Å². The molecule has 5 heterocycles. The highest BCUT2D eigenvalue weighted by molar-refractivity contribution is 6.04. The topological polar surface area (TPSA) is 38.4 Å². The van der Waals surface area contributed by atoms with Crippen molar-refractivity contribution in [1.29, 1.82) is 0 Å². The van der Waals surface area contributed by atoms with Gasteiger partial charge >= 0.3 is 0 Å². The summed E-state index contributed by atoms with van der Waals surface area (Å²) < 4.78 is 7.77. The van der Waals surface area contributed by atoms with Crippen molar-refractivity contribution >= 4 is 34.3 Å². The van der Waals surface area contributed by atoms with Crippen molar-refractivity contribution in [3.63, 3.8) is 0 Å². The summed E-state index contributed by atoms with van der Waals surface area (Å²) in [7, 11) is 0. The van der Waals surface area contributed by atoms with Crippen molar-refractivity contribution in [3.8, 4) is 0 Å². The fourth-order valence-corrected chi connectivity index (χ4v) is 4.26. The van der Waals surface area contributed by atoms with Gasteiger partial charge in [-0.05, 0) is 44.0 Å². The molecule has 4 nitrogen and oxygen atoms in total. The molecular formula is C18H19ClN2O2. The summed E-state index contributed by atoms with van der Waals surface area (Å²) >= 11 is 0. The van der Waals surface area contributed by atoms with E-state index in [1.54, 1.807) is 0 Å². The Morgan fingerprint density at radius 3 is 2.57 bits per heavy atom. The van der Waals surface area contributed by atoms with Crippen LogP contribution in [0.5, 0.6) is 0 Å². The number of pyridine rings is 1. The first-order valence-corrected chi connectivity index (χ1v) is 8.06. The van der Waals surface area contributed by atoms with Crippen molar-refractivity contribution in [2.24, 2.45) is 5.92 Å². The molecule has 3 fully saturated rings. The third-order valence-electron chi connectivity index (χ3n) is 5.44. The zero-order valence-corrected chi connectivity index (χ0v) is 13.6. The van der Waals surface area contributed by atoms with Crippen LogP contribution in [0.25, 0.3) is 21.9 Å². The van der Waals surface area contributed by atoms with E-state index in [4.69, 9.17) is 4.42 Å². The van der Waals surface area contributed by atoms with Gasteiger partial charge < -0.3 is 13.9 Å². The quantitative estimate of drug-likeness (QED) is 0.686. The lowest BCUT2D eigenvalue weighted by molar-refractivity contribution is 0.0556. The molecule has 0 spiro atoms. The third kappa shape index (κ3) is 2.12. The van der Waals surface area contributed by atoms with E-state index < -0.39 is 0 Å². The molecule has 0 saturated carbocycles. The molecule has 3 saturated heterocycles. The first-order valence-electron chi connectivity index (χ1n) is 8.06. The zero-order valence-electron chi connectivity index (χ0n) is 12.8. The van der Waals surface area contributed by atoms with Crippen molar-refractivity contribution in [1.82, 2.24) is 9.47 Å². The van der Waals surface area contributed by atoms with Gasteiger partial charge in [-0.2, -0.15) is 0 Å². The second kappa shape index (κ2) is 5.39. The van der Waals surface area contributed by atoms with Gasteiger partial charge in [0.05, 0.1) is 11.4 Å². The molecule has 0 amide bonds. The zero-order chi connectivity index (χ0) is 14.7. The standard InChI is InChI=1S/C18H18N2O2.ClH/c21-18-17-13-3-1-2-4-15(13)22-16(17)7-10-20(18)14-11-19-8-5-12(14)6-9-19;/h1-4,7,10,12,14H,5-6,8-9,11H2;1H. The van der Waals surface area contributed by atoms with Gasteiger partial charge in [-0.1, -0.05) is 18.2 Å². The number of nitrogens with zero attached hydrogens (tertiary/aromatic N) is 2. The maximum Gasteiger partial charge on any atom is 0.262 e. The summed E-state index contributed by atoms with van der Waals surface area (Å²) in [5, 5.41) is 1.66. The van der Waals surface area contributed by atoms with Gasteiger partial charge in [0.1, 0.15) is 11.2 Å². The molecule has 0 N–H and O–H groups in total. The summed E-state index contributed by atoms with van der Waals surface area (Å²) in [5.41, 5.74) is 1.59. The number of hydrogen-bond acceptors (Lipinski definition) is 3. The van der Waals surface area contributed by atoms with Gasteiger partial charge in [0.2, 0.25) is 0 Å². The third-order valence-corrected chi connectivity index (χ3v) is 5.44. The van der Waals surface area contributed by atoms with E-state index in [2.05, 4.69) is 4.90 Å². The number of furan rings is 1. The molecule has 2 bridgehead atoms. The Hall–Kier alpha value is -1.78. The number of piperidine rings is 3. The highest BCUT2D eigenvalue weighted by Gasteiger charge is 2.35. The van der Waals surface area contributed by atoms with Crippen molar-refractivity contribution in [3.05, 3.63) is 46.9 Å². The van der Waals surface area contributed by atoms with Crippen molar-refractivity contribution < 1.29 is 4.42 Å². The molecule has 0 aliphatic carbocycles. The maximum absolute atomic E-state index is 13.1. The van der Waals surface area contributed by atoms with Gasteiger partial charge in [-0.3, -0.25) is 4.79 Å². The van der Waals surface area contributed by atoms with Crippen LogP contribution in [0, 0.1) is 5.92 Å². The molecule has 5 heteroatoms. The summed E-state index contributed by atoms with van der Waals surface area (Å²) in [6, 6.07) is 10.1. The maximum atomic E-state index is 13.1. The molecule has 3 aliphatic heterocycles. The van der Waals surface area contributed by atoms with Crippen LogP contribution in [-0.2, 0) is 0 Å². The number of hydrogen-bond donors (Lipinski definition) is 0. The lowest BCUT2D eigenvalue weighted by Gasteiger charge is -2.45. The minimum atomic E-state index is 0. The molecular weight excluding hydrogens is 312 g/mol. The molecule has 2 aromatic heterocycles. The molecule has 0 radical (unpaired) electrons. The first-order chi connectivity index (χ1) is 10.8. The van der Waals surface area contributed by atoms with Crippen LogP contribution in [0.4, 0.5) is 0 Å². The van der Waals surface area contributed by atoms with Gasteiger partial charge in [-0.25, -0.2) is 0 Å². The Morgan fingerprint density at radius 2 is 1.83 bits per heavy atom. The Balaban J connectivity index is 0.00000135. The monoisotopic (exact) mass is 330 g/mol. The lowest BCUT2D eigenvalue weighted by atomic mass is 9.84. The van der Waals surface area contributed by atoms with Crippen LogP contribution in [-0.4, -0.2) is 29.1 Å². The van der Waals surface area contributed by atoms with E-state index in [1.165, 1.54) is 25.9 Å². The Morgan fingerprint density at radius 1 is 1.04 bits per heavy atom. The molecule has 120 valence electrons. The van der Waals surface area contributed by atoms with Gasteiger partial charge in [0, 0.05) is 18.1 Å². The molecule has 1 atom stereocenters. The summed E-state index contributed by atoms with van der Waals surface area (Å²) in [6.07, 6.45) is 4.35. The van der Waals surface area contributed by atoms with Gasteiger partial charge in [0.25, 0.3) is 5.56 Å². The van der Waals surface area contributed by atoms with E-state index in [0.717, 1.165) is 22.9 Å². The number of benzene rings is 1. The van der Waals surface area contributed by atoms with Crippen LogP contribution in [0.15, 0.2) is 45.7 Å². The van der Waals surface area contributed by atoms with Crippen molar-refractivity contribution in [2.75, 3.05) is 19.6 Å². The number of aromatic nitrogens is 1. The van der Waals surface area contributed by atoms with Crippen LogP contribution in [0.1, 0.15) is 18.9 Å². The molecule has 6 rings (SSSR count). The predicted molar refractivity (Wildman–Crippen MR) is 93.4 cm³/mol. The molecule has 3 aliphatic rings. The minimum absolute atomic E-state index is 0. The Labute approximate surface area is 140 Å². The molecule has 3 aromatic rings. The number of para-hydroxylation sites is 1. The highest BCUT2D eigenvalue weighted by Crippen LogP contribution is 2.35. The average molecular weight is 331 g/mol. The summed E-state index contributed by atoms with van der Waals surface area (Å²) in [5.74, 6) is 0.637.